The molecule has 0 aliphatic carbocycles. The number of rotatable bonds is 8. The lowest BCUT2D eigenvalue weighted by atomic mass is 10.2. The van der Waals surface area contributed by atoms with E-state index in [0.29, 0.717) is 40.5 Å². The number of hydrogen-bond donors (Lipinski definition) is 1. The molecule has 28 heavy (non-hydrogen) atoms. The van der Waals surface area contributed by atoms with Crippen molar-refractivity contribution in [2.24, 2.45) is 0 Å². The molecular weight excluding hydrogens is 422 g/mol. The van der Waals surface area contributed by atoms with Crippen molar-refractivity contribution < 1.29 is 14.3 Å². The molecule has 146 valence electrons. The van der Waals surface area contributed by atoms with Crippen molar-refractivity contribution in [2.45, 2.75) is 19.9 Å². The third-order valence-electron chi connectivity index (χ3n) is 4.08. The van der Waals surface area contributed by atoms with Crippen LogP contribution in [-0.2, 0) is 6.54 Å². The normalized spacial score (nSPS) is 10.5. The van der Waals surface area contributed by atoms with Crippen LogP contribution in [0.25, 0.3) is 0 Å². The predicted octanol–water partition coefficient (Wildman–Crippen LogP) is 4.74. The van der Waals surface area contributed by atoms with E-state index in [1.165, 1.54) is 0 Å². The summed E-state index contributed by atoms with van der Waals surface area (Å²) in [6.45, 7) is 3.17. The van der Waals surface area contributed by atoms with E-state index in [1.807, 2.05) is 37.3 Å². The maximum atomic E-state index is 12.8. The van der Waals surface area contributed by atoms with E-state index in [2.05, 4.69) is 26.3 Å². The molecule has 0 radical (unpaired) electrons. The number of methoxy groups -OCH3 is 1. The van der Waals surface area contributed by atoms with Gasteiger partial charge in [-0.25, -0.2) is 4.68 Å². The Morgan fingerprint density at radius 3 is 2.71 bits per heavy atom. The van der Waals surface area contributed by atoms with Crippen molar-refractivity contribution in [1.82, 2.24) is 9.78 Å². The van der Waals surface area contributed by atoms with Crippen LogP contribution < -0.4 is 14.8 Å². The first-order valence-electron chi connectivity index (χ1n) is 8.99. The summed E-state index contributed by atoms with van der Waals surface area (Å²) in [5.41, 5.74) is 1.56. The van der Waals surface area contributed by atoms with Crippen molar-refractivity contribution in [3.8, 4) is 11.5 Å². The Kier molecular flexibility index (Phi) is 6.71. The molecule has 3 aromatic rings. The number of carbonyl (C=O) groups is 1. The maximum absolute atomic E-state index is 12.8. The highest BCUT2D eigenvalue weighted by atomic mass is 79.9. The molecule has 0 spiro atoms. The van der Waals surface area contributed by atoms with Crippen LogP contribution in [0.5, 0.6) is 11.5 Å². The number of hydrogen-bond acceptors (Lipinski definition) is 4. The van der Waals surface area contributed by atoms with E-state index in [0.717, 1.165) is 12.0 Å². The summed E-state index contributed by atoms with van der Waals surface area (Å²) in [4.78, 5) is 12.8. The van der Waals surface area contributed by atoms with Crippen LogP contribution in [0, 0.1) is 0 Å². The Morgan fingerprint density at radius 1 is 1.21 bits per heavy atom. The van der Waals surface area contributed by atoms with Crippen molar-refractivity contribution >= 4 is 27.7 Å². The summed E-state index contributed by atoms with van der Waals surface area (Å²) >= 11 is 3.47. The molecule has 0 fully saturated rings. The van der Waals surface area contributed by atoms with E-state index in [4.69, 9.17) is 9.47 Å². The number of halogens is 1. The zero-order valence-corrected chi connectivity index (χ0v) is 17.4. The molecule has 0 atom stereocenters. The molecular formula is C21H22BrN3O3. The minimum absolute atomic E-state index is 0.254. The van der Waals surface area contributed by atoms with Gasteiger partial charge in [-0.3, -0.25) is 4.79 Å². The molecule has 1 N–H and O–H groups in total. The first kappa shape index (κ1) is 19.9. The number of ether oxygens (including phenoxy) is 2. The van der Waals surface area contributed by atoms with Gasteiger partial charge in [-0.15, -0.1) is 0 Å². The number of benzene rings is 2. The number of nitrogens with one attached hydrogen (secondary N) is 1. The van der Waals surface area contributed by atoms with Crippen LogP contribution in [0.1, 0.15) is 29.3 Å². The lowest BCUT2D eigenvalue weighted by Gasteiger charge is -2.14. The van der Waals surface area contributed by atoms with Crippen LogP contribution in [0.15, 0.2) is 59.2 Å². The van der Waals surface area contributed by atoms with Gasteiger partial charge in [-0.2, -0.15) is 5.10 Å². The van der Waals surface area contributed by atoms with Crippen molar-refractivity contribution in [3.05, 3.63) is 70.3 Å². The quantitative estimate of drug-likeness (QED) is 0.545. The summed E-state index contributed by atoms with van der Waals surface area (Å²) in [5.74, 6) is 1.46. The zero-order valence-electron chi connectivity index (χ0n) is 15.8. The first-order chi connectivity index (χ1) is 13.6. The van der Waals surface area contributed by atoms with Crippen LogP contribution in [0.4, 0.5) is 5.82 Å². The number of carbonyl (C=O) groups excluding carboxylic acids is 1. The highest BCUT2D eigenvalue weighted by molar-refractivity contribution is 9.10. The summed E-state index contributed by atoms with van der Waals surface area (Å²) in [6, 6.07) is 15.1. The van der Waals surface area contributed by atoms with Gasteiger partial charge in [-0.1, -0.05) is 37.3 Å². The fraction of sp³-hybridized carbons (Fsp3) is 0.238. The number of nitrogens with zero attached hydrogens (tertiary/aromatic N) is 2. The minimum atomic E-state index is -0.254. The molecule has 0 saturated heterocycles. The molecule has 0 bridgehead atoms. The highest BCUT2D eigenvalue weighted by Gasteiger charge is 2.17. The van der Waals surface area contributed by atoms with Gasteiger partial charge in [0.2, 0.25) is 0 Å². The fourth-order valence-electron chi connectivity index (χ4n) is 2.70. The molecule has 1 aromatic heterocycles. The third-order valence-corrected chi connectivity index (χ3v) is 4.66. The maximum Gasteiger partial charge on any atom is 0.256 e. The van der Waals surface area contributed by atoms with E-state index >= 15 is 0 Å². The lowest BCUT2D eigenvalue weighted by molar-refractivity contribution is 0.102. The standard InChI is InChI=1S/C21H22BrN3O3/c1-3-11-28-20-17(22)12-16(13-18(20)27-2)21(26)24-19-9-10-23-25(19)14-15-7-5-4-6-8-15/h4-10,12-13H,3,11,14H2,1-2H3,(H,24,26). The molecule has 3 rings (SSSR count). The average molecular weight is 444 g/mol. The van der Waals surface area contributed by atoms with Crippen LogP contribution >= 0.6 is 15.9 Å². The van der Waals surface area contributed by atoms with Crippen LogP contribution in [0.3, 0.4) is 0 Å². The molecule has 0 saturated carbocycles. The minimum Gasteiger partial charge on any atom is -0.493 e. The predicted molar refractivity (Wildman–Crippen MR) is 112 cm³/mol. The Morgan fingerprint density at radius 2 is 2.00 bits per heavy atom. The Balaban J connectivity index is 1.79. The fourth-order valence-corrected chi connectivity index (χ4v) is 3.26. The largest absolute Gasteiger partial charge is 0.493 e. The first-order valence-corrected chi connectivity index (χ1v) is 9.79. The average Bonchev–Trinajstić information content (AvgIpc) is 3.13. The van der Waals surface area contributed by atoms with Gasteiger partial charge in [0.05, 0.1) is 30.9 Å². The molecule has 0 aliphatic rings. The number of amides is 1. The second kappa shape index (κ2) is 9.41. The van der Waals surface area contributed by atoms with Crippen molar-refractivity contribution in [3.63, 3.8) is 0 Å². The Bertz CT molecular complexity index is 941. The van der Waals surface area contributed by atoms with Gasteiger partial charge in [-0.05, 0) is 40.0 Å². The van der Waals surface area contributed by atoms with Gasteiger partial charge in [0.25, 0.3) is 5.91 Å². The number of anilines is 1. The summed E-state index contributed by atoms with van der Waals surface area (Å²) in [5, 5.41) is 7.22. The smallest absolute Gasteiger partial charge is 0.256 e. The van der Waals surface area contributed by atoms with Crippen LogP contribution in [-0.4, -0.2) is 29.4 Å². The van der Waals surface area contributed by atoms with Crippen molar-refractivity contribution in [2.75, 3.05) is 19.0 Å². The molecule has 0 unspecified atom stereocenters. The zero-order chi connectivity index (χ0) is 19.9. The lowest BCUT2D eigenvalue weighted by Crippen LogP contribution is -2.16. The second-order valence-electron chi connectivity index (χ2n) is 6.15. The van der Waals surface area contributed by atoms with Gasteiger partial charge in [0.1, 0.15) is 5.82 Å². The van der Waals surface area contributed by atoms with E-state index in [9.17, 15) is 4.79 Å². The van der Waals surface area contributed by atoms with Gasteiger partial charge in [0, 0.05) is 11.6 Å². The molecule has 0 aliphatic heterocycles. The van der Waals surface area contributed by atoms with Gasteiger partial charge >= 0.3 is 0 Å². The van der Waals surface area contributed by atoms with Gasteiger partial charge < -0.3 is 14.8 Å². The third kappa shape index (κ3) is 4.72. The molecule has 1 amide bonds. The van der Waals surface area contributed by atoms with Crippen LogP contribution in [0.2, 0.25) is 0 Å². The van der Waals surface area contributed by atoms with Crippen molar-refractivity contribution in [1.29, 1.82) is 0 Å². The molecule has 2 aromatic carbocycles. The Hall–Kier alpha value is -2.80. The SMILES string of the molecule is CCCOc1c(Br)cc(C(=O)Nc2ccnn2Cc2ccccc2)cc1OC. The summed E-state index contributed by atoms with van der Waals surface area (Å²) < 4.78 is 13.5. The van der Waals surface area contributed by atoms with E-state index in [-0.39, 0.29) is 5.91 Å². The molecule has 1 heterocycles. The summed E-state index contributed by atoms with van der Waals surface area (Å²) in [7, 11) is 1.55. The summed E-state index contributed by atoms with van der Waals surface area (Å²) in [6.07, 6.45) is 2.54. The molecule has 7 heteroatoms. The Labute approximate surface area is 172 Å². The van der Waals surface area contributed by atoms with E-state index in [1.54, 1.807) is 36.2 Å². The second-order valence-corrected chi connectivity index (χ2v) is 7.01. The number of aromatic nitrogens is 2. The van der Waals surface area contributed by atoms with E-state index < -0.39 is 0 Å². The highest BCUT2D eigenvalue weighted by Crippen LogP contribution is 2.37. The molecule has 6 nitrogen and oxygen atoms in total. The topological polar surface area (TPSA) is 65.4 Å². The van der Waals surface area contributed by atoms with Gasteiger partial charge in [0.15, 0.2) is 11.5 Å². The monoisotopic (exact) mass is 443 g/mol.